The molecular weight excluding hydrogens is 315 g/mol. The van der Waals surface area contributed by atoms with E-state index < -0.39 is 0 Å². The second kappa shape index (κ2) is 5.71. The van der Waals surface area contributed by atoms with E-state index in [2.05, 4.69) is 27.4 Å². The van der Waals surface area contributed by atoms with E-state index in [-0.39, 0.29) is 5.82 Å². The Hall–Kier alpha value is -1.07. The Kier molecular flexibility index (Phi) is 4.24. The van der Waals surface area contributed by atoms with Gasteiger partial charge in [0.25, 0.3) is 0 Å². The van der Waals surface area contributed by atoms with Gasteiger partial charge in [0.1, 0.15) is 5.82 Å². The summed E-state index contributed by atoms with van der Waals surface area (Å²) in [6.45, 7) is 0.850. The normalized spacial score (nSPS) is 10.6. The number of hydrogen-bond donors (Lipinski definition) is 1. The summed E-state index contributed by atoms with van der Waals surface area (Å²) in [5.41, 5.74) is 7.15. The molecule has 2 nitrogen and oxygen atoms in total. The molecule has 0 aliphatic carbocycles. The van der Waals surface area contributed by atoms with Crippen molar-refractivity contribution in [1.82, 2.24) is 0 Å². The molecule has 2 aromatic rings. The first-order valence-electron chi connectivity index (χ1n) is 5.56. The van der Waals surface area contributed by atoms with E-state index in [4.69, 9.17) is 5.73 Å². The fourth-order valence-corrected chi connectivity index (χ4v) is 2.76. The smallest absolute Gasteiger partial charge is 0.139 e. The number of likely N-dealkylation sites (N-methyl/N-ethyl adjacent to an activating group) is 1. The Morgan fingerprint density at radius 1 is 1.44 bits per heavy atom. The van der Waals surface area contributed by atoms with Crippen molar-refractivity contribution in [3.05, 3.63) is 44.8 Å². The molecule has 0 unspecified atom stereocenters. The third kappa shape index (κ3) is 3.03. The zero-order valence-electron chi connectivity index (χ0n) is 9.99. The lowest BCUT2D eigenvalue weighted by Gasteiger charge is -2.21. The minimum absolute atomic E-state index is 0.331. The minimum Gasteiger partial charge on any atom is -0.397 e. The van der Waals surface area contributed by atoms with Crippen LogP contribution in [0, 0.1) is 5.82 Å². The standard InChI is InChI=1S/C13H14BrFN2S/c1-17(5-4-9-3-2-6-18-9)13-7-10(14)11(15)8-12(13)16/h2-3,6-8H,4-5,16H2,1H3. The molecule has 1 aromatic heterocycles. The topological polar surface area (TPSA) is 29.3 Å². The first-order chi connectivity index (χ1) is 8.58. The Bertz CT molecular complexity index is 528. The molecule has 0 radical (unpaired) electrons. The maximum Gasteiger partial charge on any atom is 0.139 e. The van der Waals surface area contributed by atoms with Gasteiger partial charge in [-0.15, -0.1) is 11.3 Å². The van der Waals surface area contributed by atoms with Crippen LogP contribution in [0.25, 0.3) is 0 Å². The summed E-state index contributed by atoms with van der Waals surface area (Å²) >= 11 is 4.93. The molecule has 2 rings (SSSR count). The van der Waals surface area contributed by atoms with Crippen molar-refractivity contribution < 1.29 is 4.39 Å². The lowest BCUT2D eigenvalue weighted by Crippen LogP contribution is -2.21. The summed E-state index contributed by atoms with van der Waals surface area (Å²) in [6, 6.07) is 7.23. The van der Waals surface area contributed by atoms with E-state index in [0.29, 0.717) is 10.2 Å². The van der Waals surface area contributed by atoms with Crippen LogP contribution in [0.4, 0.5) is 15.8 Å². The summed E-state index contributed by atoms with van der Waals surface area (Å²) in [7, 11) is 1.96. The number of halogens is 2. The van der Waals surface area contributed by atoms with Crippen molar-refractivity contribution in [3.63, 3.8) is 0 Å². The molecule has 18 heavy (non-hydrogen) atoms. The number of hydrogen-bond acceptors (Lipinski definition) is 3. The average molecular weight is 329 g/mol. The van der Waals surface area contributed by atoms with Crippen LogP contribution in [0.5, 0.6) is 0 Å². The van der Waals surface area contributed by atoms with Crippen LogP contribution in [0.2, 0.25) is 0 Å². The maximum atomic E-state index is 13.3. The maximum absolute atomic E-state index is 13.3. The van der Waals surface area contributed by atoms with Crippen LogP contribution < -0.4 is 10.6 Å². The van der Waals surface area contributed by atoms with Crippen LogP contribution in [0.1, 0.15) is 4.88 Å². The van der Waals surface area contributed by atoms with Gasteiger partial charge in [0, 0.05) is 24.5 Å². The van der Waals surface area contributed by atoms with Gasteiger partial charge in [-0.3, -0.25) is 0 Å². The molecule has 0 saturated carbocycles. The van der Waals surface area contributed by atoms with Crippen molar-refractivity contribution in [1.29, 1.82) is 0 Å². The van der Waals surface area contributed by atoms with Crippen molar-refractivity contribution in [2.24, 2.45) is 0 Å². The molecule has 0 atom stereocenters. The van der Waals surface area contributed by atoms with E-state index in [1.165, 1.54) is 10.9 Å². The number of benzene rings is 1. The van der Waals surface area contributed by atoms with E-state index >= 15 is 0 Å². The number of nitrogen functional groups attached to an aromatic ring is 1. The Morgan fingerprint density at radius 2 is 2.22 bits per heavy atom. The van der Waals surface area contributed by atoms with Gasteiger partial charge >= 0.3 is 0 Å². The third-order valence-electron chi connectivity index (χ3n) is 2.75. The molecular formula is C13H14BrFN2S. The molecule has 0 aliphatic heterocycles. The van der Waals surface area contributed by atoms with Gasteiger partial charge in [0.2, 0.25) is 0 Å². The second-order valence-corrected chi connectivity index (χ2v) is 5.96. The molecule has 0 amide bonds. The highest BCUT2D eigenvalue weighted by molar-refractivity contribution is 9.10. The van der Waals surface area contributed by atoms with Crippen molar-refractivity contribution in [2.75, 3.05) is 24.2 Å². The van der Waals surface area contributed by atoms with Crippen molar-refractivity contribution in [3.8, 4) is 0 Å². The molecule has 0 bridgehead atoms. The van der Waals surface area contributed by atoms with Crippen molar-refractivity contribution in [2.45, 2.75) is 6.42 Å². The predicted molar refractivity (Wildman–Crippen MR) is 79.8 cm³/mol. The number of nitrogens with zero attached hydrogens (tertiary/aromatic N) is 1. The molecule has 1 aromatic carbocycles. The molecule has 1 heterocycles. The van der Waals surface area contributed by atoms with E-state index in [0.717, 1.165) is 18.7 Å². The summed E-state index contributed by atoms with van der Waals surface area (Å²) in [5, 5.41) is 2.07. The molecule has 0 saturated heterocycles. The van der Waals surface area contributed by atoms with Gasteiger partial charge in [-0.05, 0) is 39.9 Å². The highest BCUT2D eigenvalue weighted by Gasteiger charge is 2.10. The summed E-state index contributed by atoms with van der Waals surface area (Å²) < 4.78 is 13.7. The Morgan fingerprint density at radius 3 is 2.89 bits per heavy atom. The number of rotatable bonds is 4. The quantitative estimate of drug-likeness (QED) is 0.862. The monoisotopic (exact) mass is 328 g/mol. The van der Waals surface area contributed by atoms with Crippen LogP contribution in [0.3, 0.4) is 0 Å². The van der Waals surface area contributed by atoms with Crippen molar-refractivity contribution >= 4 is 38.6 Å². The van der Waals surface area contributed by atoms with E-state index in [9.17, 15) is 4.39 Å². The molecule has 5 heteroatoms. The number of anilines is 2. The summed E-state index contributed by atoms with van der Waals surface area (Å²) in [4.78, 5) is 3.38. The largest absolute Gasteiger partial charge is 0.397 e. The van der Waals surface area contributed by atoms with Crippen LogP contribution in [-0.4, -0.2) is 13.6 Å². The van der Waals surface area contributed by atoms with E-state index in [1.54, 1.807) is 17.4 Å². The fraction of sp³-hybridized carbons (Fsp3) is 0.231. The van der Waals surface area contributed by atoms with Crippen LogP contribution in [0.15, 0.2) is 34.1 Å². The number of nitrogens with two attached hydrogens (primary N) is 1. The Labute approximate surface area is 118 Å². The van der Waals surface area contributed by atoms with Gasteiger partial charge in [0.15, 0.2) is 0 Å². The molecule has 96 valence electrons. The second-order valence-electron chi connectivity index (χ2n) is 4.08. The first-order valence-corrected chi connectivity index (χ1v) is 7.23. The SMILES string of the molecule is CN(CCc1cccs1)c1cc(Br)c(F)cc1N. The minimum atomic E-state index is -0.331. The Balaban J connectivity index is 2.09. The molecule has 2 N–H and O–H groups in total. The first kappa shape index (κ1) is 13.4. The zero-order chi connectivity index (χ0) is 13.1. The lowest BCUT2D eigenvalue weighted by molar-refractivity contribution is 0.621. The molecule has 0 fully saturated rings. The predicted octanol–water partition coefficient (Wildman–Crippen LogP) is 3.91. The zero-order valence-corrected chi connectivity index (χ0v) is 12.4. The third-order valence-corrected chi connectivity index (χ3v) is 4.30. The lowest BCUT2D eigenvalue weighted by atomic mass is 10.2. The van der Waals surface area contributed by atoms with Crippen LogP contribution >= 0.6 is 27.3 Å². The van der Waals surface area contributed by atoms with E-state index in [1.807, 2.05) is 18.0 Å². The molecule has 0 spiro atoms. The highest BCUT2D eigenvalue weighted by atomic mass is 79.9. The highest BCUT2D eigenvalue weighted by Crippen LogP contribution is 2.29. The van der Waals surface area contributed by atoms with Crippen LogP contribution in [-0.2, 0) is 6.42 Å². The van der Waals surface area contributed by atoms with Gasteiger partial charge in [0.05, 0.1) is 15.8 Å². The van der Waals surface area contributed by atoms with Gasteiger partial charge in [-0.2, -0.15) is 0 Å². The van der Waals surface area contributed by atoms with Gasteiger partial charge < -0.3 is 10.6 Å². The van der Waals surface area contributed by atoms with Gasteiger partial charge in [-0.25, -0.2) is 4.39 Å². The average Bonchev–Trinajstić information content (AvgIpc) is 2.84. The summed E-state index contributed by atoms with van der Waals surface area (Å²) in [6.07, 6.45) is 0.961. The number of thiophene rings is 1. The summed E-state index contributed by atoms with van der Waals surface area (Å²) in [5.74, 6) is -0.331. The van der Waals surface area contributed by atoms with Gasteiger partial charge in [-0.1, -0.05) is 6.07 Å². The fourth-order valence-electron chi connectivity index (χ4n) is 1.74. The molecule has 0 aliphatic rings.